The van der Waals surface area contributed by atoms with Crippen LogP contribution in [0.15, 0.2) is 42.5 Å². The molecule has 2 aromatic carbocycles. The van der Waals surface area contributed by atoms with Crippen molar-refractivity contribution in [1.82, 2.24) is 4.90 Å². The van der Waals surface area contributed by atoms with Gasteiger partial charge >= 0.3 is 6.03 Å². The second kappa shape index (κ2) is 8.97. The molecule has 0 spiro atoms. The van der Waals surface area contributed by atoms with Gasteiger partial charge in [0, 0.05) is 24.2 Å². The summed E-state index contributed by atoms with van der Waals surface area (Å²) in [7, 11) is 3.01. The molecule has 7 heteroatoms. The maximum absolute atomic E-state index is 13.4. The number of anilines is 1. The van der Waals surface area contributed by atoms with E-state index in [9.17, 15) is 9.59 Å². The van der Waals surface area contributed by atoms with Gasteiger partial charge in [0.15, 0.2) is 0 Å². The van der Waals surface area contributed by atoms with Crippen molar-refractivity contribution in [3.63, 3.8) is 0 Å². The third-order valence-corrected chi connectivity index (χ3v) is 5.00. The fourth-order valence-corrected chi connectivity index (χ4v) is 3.35. The summed E-state index contributed by atoms with van der Waals surface area (Å²) in [5.74, 6) is 0.445. The van der Waals surface area contributed by atoms with Crippen LogP contribution in [0.25, 0.3) is 0 Å². The van der Waals surface area contributed by atoms with Crippen LogP contribution in [0.3, 0.4) is 0 Å². The minimum Gasteiger partial charge on any atom is -0.497 e. The fourth-order valence-electron chi connectivity index (χ4n) is 3.23. The van der Waals surface area contributed by atoms with E-state index in [1.165, 1.54) is 19.1 Å². The topological polar surface area (TPSA) is 59.1 Å². The molecule has 0 N–H and O–H groups in total. The molecular formula is C21H23ClN2O4. The second-order valence-electron chi connectivity index (χ2n) is 6.51. The highest BCUT2D eigenvalue weighted by atomic mass is 35.5. The van der Waals surface area contributed by atoms with Crippen LogP contribution in [0.1, 0.15) is 29.6 Å². The molecule has 0 radical (unpaired) electrons. The molecule has 148 valence electrons. The van der Waals surface area contributed by atoms with Crippen molar-refractivity contribution in [3.05, 3.63) is 53.1 Å². The molecule has 0 bridgehead atoms. The number of nitrogens with zero attached hydrogens (tertiary/aromatic N) is 2. The molecule has 1 aliphatic heterocycles. The number of piperidine rings is 1. The SMILES string of the molecule is COc1ccc(C(=O)N(C(=O)N2CCCCC2)c2ccc(Cl)cc2)c(OC)c1. The van der Waals surface area contributed by atoms with Crippen molar-refractivity contribution in [3.8, 4) is 11.5 Å². The first kappa shape index (κ1) is 20.0. The Bertz CT molecular complexity index is 848. The number of benzene rings is 2. The zero-order chi connectivity index (χ0) is 20.1. The van der Waals surface area contributed by atoms with Gasteiger partial charge in [0.25, 0.3) is 5.91 Å². The molecule has 3 rings (SSSR count). The van der Waals surface area contributed by atoms with Gasteiger partial charge in [0.2, 0.25) is 0 Å². The predicted octanol–water partition coefficient (Wildman–Crippen LogP) is 4.61. The molecule has 28 heavy (non-hydrogen) atoms. The van der Waals surface area contributed by atoms with Crippen LogP contribution in [0, 0.1) is 0 Å². The first-order chi connectivity index (χ1) is 13.5. The number of rotatable bonds is 4. The molecule has 1 heterocycles. The van der Waals surface area contributed by atoms with E-state index in [1.54, 1.807) is 47.4 Å². The lowest BCUT2D eigenvalue weighted by molar-refractivity contribution is 0.0980. The number of amides is 3. The zero-order valence-electron chi connectivity index (χ0n) is 16.0. The summed E-state index contributed by atoms with van der Waals surface area (Å²) in [5, 5.41) is 0.531. The monoisotopic (exact) mass is 402 g/mol. The highest BCUT2D eigenvalue weighted by molar-refractivity contribution is 6.30. The zero-order valence-corrected chi connectivity index (χ0v) is 16.7. The van der Waals surface area contributed by atoms with Crippen LogP contribution in [-0.4, -0.2) is 44.1 Å². The third-order valence-electron chi connectivity index (χ3n) is 4.74. The molecule has 0 atom stereocenters. The number of likely N-dealkylation sites (tertiary alicyclic amines) is 1. The average molecular weight is 403 g/mol. The van der Waals surface area contributed by atoms with Crippen LogP contribution in [0.5, 0.6) is 11.5 Å². The molecule has 0 aromatic heterocycles. The summed E-state index contributed by atoms with van der Waals surface area (Å²) in [5.41, 5.74) is 0.742. The predicted molar refractivity (Wildman–Crippen MR) is 109 cm³/mol. The number of halogens is 1. The largest absolute Gasteiger partial charge is 0.497 e. The molecule has 6 nitrogen and oxygen atoms in total. The van der Waals surface area contributed by atoms with Gasteiger partial charge in [-0.25, -0.2) is 9.69 Å². The molecule has 1 fully saturated rings. The van der Waals surface area contributed by atoms with Crippen LogP contribution in [0.4, 0.5) is 10.5 Å². The molecule has 2 aromatic rings. The molecular weight excluding hydrogens is 380 g/mol. The van der Waals surface area contributed by atoms with Gasteiger partial charge in [0.05, 0.1) is 25.5 Å². The second-order valence-corrected chi connectivity index (χ2v) is 6.95. The number of ether oxygens (including phenoxy) is 2. The number of urea groups is 1. The summed E-state index contributed by atoms with van der Waals surface area (Å²) in [6.07, 6.45) is 2.95. The van der Waals surface area contributed by atoms with Crippen molar-refractivity contribution >= 4 is 29.2 Å². The maximum atomic E-state index is 13.4. The van der Waals surface area contributed by atoms with Crippen molar-refractivity contribution in [2.75, 3.05) is 32.2 Å². The fraction of sp³-hybridized carbons (Fsp3) is 0.333. The lowest BCUT2D eigenvalue weighted by atomic mass is 10.1. The molecule has 0 unspecified atom stereocenters. The number of hydrogen-bond donors (Lipinski definition) is 0. The van der Waals surface area contributed by atoms with E-state index >= 15 is 0 Å². The summed E-state index contributed by atoms with van der Waals surface area (Å²) in [6.45, 7) is 1.27. The van der Waals surface area contributed by atoms with Gasteiger partial charge in [-0.15, -0.1) is 0 Å². The van der Waals surface area contributed by atoms with Gasteiger partial charge in [-0.1, -0.05) is 11.6 Å². The van der Waals surface area contributed by atoms with E-state index in [2.05, 4.69) is 0 Å². The van der Waals surface area contributed by atoms with Crippen molar-refractivity contribution in [2.24, 2.45) is 0 Å². The number of methoxy groups -OCH3 is 2. The van der Waals surface area contributed by atoms with Crippen molar-refractivity contribution in [1.29, 1.82) is 0 Å². The Balaban J connectivity index is 2.01. The van der Waals surface area contributed by atoms with E-state index in [0.717, 1.165) is 19.3 Å². The summed E-state index contributed by atoms with van der Waals surface area (Å²) in [4.78, 5) is 29.6. The Hall–Kier alpha value is -2.73. The molecule has 0 aliphatic carbocycles. The van der Waals surface area contributed by atoms with E-state index in [1.807, 2.05) is 0 Å². The van der Waals surface area contributed by atoms with Gasteiger partial charge in [-0.05, 0) is 55.7 Å². The van der Waals surface area contributed by atoms with Crippen LogP contribution in [-0.2, 0) is 0 Å². The van der Waals surface area contributed by atoms with Gasteiger partial charge in [0.1, 0.15) is 11.5 Å². The van der Waals surface area contributed by atoms with Gasteiger partial charge < -0.3 is 14.4 Å². The number of hydrogen-bond acceptors (Lipinski definition) is 4. The summed E-state index contributed by atoms with van der Waals surface area (Å²) < 4.78 is 10.6. The minimum absolute atomic E-state index is 0.281. The maximum Gasteiger partial charge on any atom is 0.331 e. The van der Waals surface area contributed by atoms with Crippen LogP contribution >= 0.6 is 11.6 Å². The average Bonchev–Trinajstić information content (AvgIpc) is 2.75. The van der Waals surface area contributed by atoms with Crippen LogP contribution in [0.2, 0.25) is 5.02 Å². The number of carbonyl (C=O) groups is 2. The Morgan fingerprint density at radius 1 is 0.964 bits per heavy atom. The van der Waals surface area contributed by atoms with Crippen molar-refractivity contribution < 1.29 is 19.1 Å². The lowest BCUT2D eigenvalue weighted by Gasteiger charge is -2.32. The summed E-state index contributed by atoms with van der Waals surface area (Å²) >= 11 is 5.99. The molecule has 0 saturated carbocycles. The Morgan fingerprint density at radius 3 is 2.25 bits per heavy atom. The highest BCUT2D eigenvalue weighted by Crippen LogP contribution is 2.29. The smallest absolute Gasteiger partial charge is 0.331 e. The first-order valence-corrected chi connectivity index (χ1v) is 9.54. The van der Waals surface area contributed by atoms with Crippen LogP contribution < -0.4 is 14.4 Å². The Kier molecular flexibility index (Phi) is 6.41. The summed E-state index contributed by atoms with van der Waals surface area (Å²) in [6, 6.07) is 11.2. The van der Waals surface area contributed by atoms with E-state index in [-0.39, 0.29) is 11.6 Å². The van der Waals surface area contributed by atoms with E-state index < -0.39 is 5.91 Å². The molecule has 1 aliphatic rings. The quantitative estimate of drug-likeness (QED) is 0.749. The standard InChI is InChI=1S/C21H23ClN2O4/c1-27-17-10-11-18(19(14-17)28-2)20(25)24(16-8-6-15(22)7-9-16)21(26)23-12-4-3-5-13-23/h6-11,14H,3-5,12-13H2,1-2H3. The molecule has 3 amide bonds. The number of imide groups is 1. The van der Waals surface area contributed by atoms with Gasteiger partial charge in [-0.2, -0.15) is 0 Å². The van der Waals surface area contributed by atoms with E-state index in [4.69, 9.17) is 21.1 Å². The highest BCUT2D eigenvalue weighted by Gasteiger charge is 2.31. The lowest BCUT2D eigenvalue weighted by Crippen LogP contribution is -2.48. The minimum atomic E-state index is -0.461. The van der Waals surface area contributed by atoms with E-state index in [0.29, 0.717) is 35.3 Å². The third kappa shape index (κ3) is 4.22. The first-order valence-electron chi connectivity index (χ1n) is 9.16. The molecule has 1 saturated heterocycles. The Morgan fingerprint density at radius 2 is 1.64 bits per heavy atom. The van der Waals surface area contributed by atoms with Crippen molar-refractivity contribution in [2.45, 2.75) is 19.3 Å². The van der Waals surface area contributed by atoms with Gasteiger partial charge in [-0.3, -0.25) is 4.79 Å². The normalized spacial score (nSPS) is 13.8. The number of carbonyl (C=O) groups excluding carboxylic acids is 2. The Labute approximate surface area is 169 Å².